The van der Waals surface area contributed by atoms with Crippen LogP contribution in [0.1, 0.15) is 0 Å². The summed E-state index contributed by atoms with van der Waals surface area (Å²) in [4.78, 5) is 8.85. The molecule has 8 heteroatoms. The molecule has 0 radical (unpaired) electrons. The largest absolute Gasteiger partial charge is 0.493 e. The number of aromatic nitrogens is 2. The first-order valence-corrected chi connectivity index (χ1v) is 11.3. The lowest BCUT2D eigenvalue weighted by molar-refractivity contribution is 0.355. The number of rotatable bonds is 6. The Bertz CT molecular complexity index is 1530. The Morgan fingerprint density at radius 1 is 0.743 bits per heavy atom. The summed E-state index contributed by atoms with van der Waals surface area (Å²) < 4.78 is 10.7. The molecule has 0 saturated carbocycles. The fraction of sp³-hybridized carbons (Fsp3) is 0.0741. The Morgan fingerprint density at radius 3 is 2.40 bits per heavy atom. The topological polar surface area (TPSA) is 80.3 Å². The van der Waals surface area contributed by atoms with E-state index in [1.54, 1.807) is 14.2 Å². The van der Waals surface area contributed by atoms with E-state index in [9.17, 15) is 0 Å². The Labute approximate surface area is 208 Å². The van der Waals surface area contributed by atoms with Gasteiger partial charge in [-0.25, -0.2) is 9.97 Å². The number of methoxy groups -OCH3 is 2. The van der Waals surface area contributed by atoms with Gasteiger partial charge < -0.3 is 25.4 Å². The van der Waals surface area contributed by atoms with Crippen molar-refractivity contribution in [1.82, 2.24) is 9.97 Å². The molecule has 0 saturated heterocycles. The number of nitrogens with zero attached hydrogens (tertiary/aromatic N) is 2. The van der Waals surface area contributed by atoms with Gasteiger partial charge in [0.2, 0.25) is 0 Å². The molecule has 0 aliphatic heterocycles. The number of fused-ring (bicyclic) bond motifs is 2. The maximum Gasteiger partial charge on any atom is 0.175 e. The first-order valence-electron chi connectivity index (χ1n) is 10.9. The summed E-state index contributed by atoms with van der Waals surface area (Å²) in [5.41, 5.74) is 3.39. The zero-order chi connectivity index (χ0) is 24.2. The van der Waals surface area contributed by atoms with Crippen molar-refractivity contribution in [2.75, 3.05) is 30.2 Å². The van der Waals surface area contributed by atoms with Crippen molar-refractivity contribution in [2.45, 2.75) is 0 Å². The number of nitrogens with one attached hydrogen (secondary N) is 3. The predicted octanol–water partition coefficient (Wildman–Crippen LogP) is 6.35. The van der Waals surface area contributed by atoms with E-state index < -0.39 is 0 Å². The SMILES string of the molecule is COc1ccc(Nc2ncnc3ccc(NC(=S)Nc4cccc5ccccc45)cc23)cc1OC. The molecular formula is C27H23N5O2S. The van der Waals surface area contributed by atoms with Crippen molar-refractivity contribution >= 4 is 61.9 Å². The molecule has 1 heterocycles. The minimum atomic E-state index is 0.493. The summed E-state index contributed by atoms with van der Waals surface area (Å²) >= 11 is 5.60. The monoisotopic (exact) mass is 481 g/mol. The average molecular weight is 482 g/mol. The minimum absolute atomic E-state index is 0.493. The van der Waals surface area contributed by atoms with Crippen molar-refractivity contribution in [3.8, 4) is 11.5 Å². The molecule has 1 aromatic heterocycles. The van der Waals surface area contributed by atoms with Gasteiger partial charge in [-0.15, -0.1) is 0 Å². The van der Waals surface area contributed by atoms with Crippen LogP contribution < -0.4 is 25.4 Å². The molecule has 4 aromatic carbocycles. The van der Waals surface area contributed by atoms with Crippen molar-refractivity contribution in [2.24, 2.45) is 0 Å². The zero-order valence-electron chi connectivity index (χ0n) is 19.2. The number of ether oxygens (including phenoxy) is 2. The Morgan fingerprint density at radius 2 is 1.54 bits per heavy atom. The second kappa shape index (κ2) is 9.82. The van der Waals surface area contributed by atoms with Gasteiger partial charge in [-0.05, 0) is 54.0 Å². The molecular weight excluding hydrogens is 458 g/mol. The van der Waals surface area contributed by atoms with Gasteiger partial charge >= 0.3 is 0 Å². The molecule has 0 aliphatic carbocycles. The molecule has 7 nitrogen and oxygen atoms in total. The summed E-state index contributed by atoms with van der Waals surface area (Å²) in [6, 6.07) is 25.7. The number of hydrogen-bond acceptors (Lipinski definition) is 6. The van der Waals surface area contributed by atoms with Crippen LogP contribution in [0.25, 0.3) is 21.7 Å². The van der Waals surface area contributed by atoms with E-state index in [0.29, 0.717) is 22.4 Å². The Kier molecular flexibility index (Phi) is 6.28. The van der Waals surface area contributed by atoms with Gasteiger partial charge in [-0.2, -0.15) is 0 Å². The van der Waals surface area contributed by atoms with E-state index >= 15 is 0 Å². The van der Waals surface area contributed by atoms with E-state index in [0.717, 1.165) is 38.7 Å². The third-order valence-corrected chi connectivity index (χ3v) is 5.78. The third kappa shape index (κ3) is 4.78. The van der Waals surface area contributed by atoms with Gasteiger partial charge in [0, 0.05) is 33.9 Å². The molecule has 0 amide bonds. The van der Waals surface area contributed by atoms with Gasteiger partial charge in [0.05, 0.1) is 19.7 Å². The van der Waals surface area contributed by atoms with Crippen LogP contribution in [0.2, 0.25) is 0 Å². The summed E-state index contributed by atoms with van der Waals surface area (Å²) in [5, 5.41) is 13.5. The van der Waals surface area contributed by atoms with E-state index in [2.05, 4.69) is 44.1 Å². The summed E-state index contributed by atoms with van der Waals surface area (Å²) in [5.74, 6) is 1.95. The van der Waals surface area contributed by atoms with Gasteiger partial charge in [0.25, 0.3) is 0 Å². The molecule has 174 valence electrons. The lowest BCUT2D eigenvalue weighted by Gasteiger charge is -2.14. The molecule has 0 aliphatic rings. The molecule has 0 bridgehead atoms. The summed E-state index contributed by atoms with van der Waals surface area (Å²) in [6.45, 7) is 0. The van der Waals surface area contributed by atoms with Crippen LogP contribution >= 0.6 is 12.2 Å². The highest BCUT2D eigenvalue weighted by atomic mass is 32.1. The van der Waals surface area contributed by atoms with Crippen LogP contribution in [0.4, 0.5) is 22.9 Å². The molecule has 3 N–H and O–H groups in total. The molecule has 0 fully saturated rings. The molecule has 5 rings (SSSR count). The smallest absolute Gasteiger partial charge is 0.175 e. The Hall–Kier alpha value is -4.43. The first kappa shape index (κ1) is 22.4. The molecule has 0 unspecified atom stereocenters. The number of anilines is 4. The molecule has 35 heavy (non-hydrogen) atoms. The number of benzene rings is 4. The maximum absolute atomic E-state index is 5.60. The van der Waals surface area contributed by atoms with Gasteiger partial charge in [0.15, 0.2) is 16.6 Å². The summed E-state index contributed by atoms with van der Waals surface area (Å²) in [7, 11) is 3.21. The van der Waals surface area contributed by atoms with Crippen LogP contribution in [0.15, 0.2) is 85.2 Å². The standard InChI is InChI=1S/C27H23N5O2S/c1-33-24-13-11-19(15-25(24)34-2)30-26-21-14-18(10-12-22(21)28-16-29-26)31-27(35)32-23-9-5-7-17-6-3-4-8-20(17)23/h3-16H,1-2H3,(H,28,29,30)(H2,31,32,35). The van der Waals surface area contributed by atoms with Gasteiger partial charge in [-0.3, -0.25) is 0 Å². The summed E-state index contributed by atoms with van der Waals surface area (Å²) in [6.07, 6.45) is 1.53. The average Bonchev–Trinajstić information content (AvgIpc) is 2.89. The van der Waals surface area contributed by atoms with Gasteiger partial charge in [-0.1, -0.05) is 36.4 Å². The zero-order valence-corrected chi connectivity index (χ0v) is 20.0. The molecule has 0 spiro atoms. The van der Waals surface area contributed by atoms with Crippen molar-refractivity contribution in [3.63, 3.8) is 0 Å². The van der Waals surface area contributed by atoms with Crippen LogP contribution in [-0.2, 0) is 0 Å². The van der Waals surface area contributed by atoms with Crippen LogP contribution in [0, 0.1) is 0 Å². The fourth-order valence-electron chi connectivity index (χ4n) is 3.90. The van der Waals surface area contributed by atoms with Crippen molar-refractivity contribution in [3.05, 3.63) is 85.2 Å². The lowest BCUT2D eigenvalue weighted by atomic mass is 10.1. The minimum Gasteiger partial charge on any atom is -0.493 e. The normalized spacial score (nSPS) is 10.7. The number of hydrogen-bond donors (Lipinski definition) is 3. The first-order chi connectivity index (χ1) is 17.1. The second-order valence-corrected chi connectivity index (χ2v) is 8.16. The van der Waals surface area contributed by atoms with E-state index in [4.69, 9.17) is 21.7 Å². The van der Waals surface area contributed by atoms with Crippen molar-refractivity contribution < 1.29 is 9.47 Å². The van der Waals surface area contributed by atoms with Gasteiger partial charge in [0.1, 0.15) is 12.1 Å². The second-order valence-electron chi connectivity index (χ2n) is 7.75. The van der Waals surface area contributed by atoms with E-state index in [1.165, 1.54) is 6.33 Å². The fourth-order valence-corrected chi connectivity index (χ4v) is 4.13. The molecule has 0 atom stereocenters. The predicted molar refractivity (Wildman–Crippen MR) is 146 cm³/mol. The Balaban J connectivity index is 1.39. The highest BCUT2D eigenvalue weighted by Gasteiger charge is 2.10. The highest BCUT2D eigenvalue weighted by molar-refractivity contribution is 7.80. The van der Waals surface area contributed by atoms with Crippen LogP contribution in [0.5, 0.6) is 11.5 Å². The quantitative estimate of drug-likeness (QED) is 0.242. The lowest BCUT2D eigenvalue weighted by Crippen LogP contribution is -2.19. The highest BCUT2D eigenvalue weighted by Crippen LogP contribution is 2.32. The van der Waals surface area contributed by atoms with Crippen molar-refractivity contribution in [1.29, 1.82) is 0 Å². The van der Waals surface area contributed by atoms with Crippen LogP contribution in [-0.4, -0.2) is 29.3 Å². The number of thiocarbonyl (C=S) groups is 1. The maximum atomic E-state index is 5.60. The third-order valence-electron chi connectivity index (χ3n) is 5.58. The van der Waals surface area contributed by atoms with E-state index in [1.807, 2.05) is 60.7 Å². The van der Waals surface area contributed by atoms with Crippen LogP contribution in [0.3, 0.4) is 0 Å². The van der Waals surface area contributed by atoms with E-state index in [-0.39, 0.29) is 0 Å². The molecule has 5 aromatic rings.